The number of unbranched alkanes of at least 4 members (excludes halogenated alkanes) is 8. The Labute approximate surface area is 156 Å². The van der Waals surface area contributed by atoms with Crippen molar-refractivity contribution in [3.8, 4) is 0 Å². The number of hydrogen-bond donors (Lipinski definition) is 3. The summed E-state index contributed by atoms with van der Waals surface area (Å²) in [7, 11) is 0. The van der Waals surface area contributed by atoms with Crippen molar-refractivity contribution in [2.45, 2.75) is 90.2 Å². The van der Waals surface area contributed by atoms with Gasteiger partial charge in [-0.3, -0.25) is 4.79 Å². The molecule has 2 atom stereocenters. The number of amides is 1. The van der Waals surface area contributed by atoms with E-state index < -0.39 is 18.1 Å². The number of aliphatic hydroxyl groups is 1. The smallest absolute Gasteiger partial charge is 0.328 e. The predicted molar refractivity (Wildman–Crippen MR) is 88.8 cm³/mol. The molecule has 0 unspecified atom stereocenters. The van der Waals surface area contributed by atoms with Crippen molar-refractivity contribution in [2.75, 3.05) is 0 Å². The van der Waals surface area contributed by atoms with E-state index >= 15 is 0 Å². The number of carbonyl (C=O) groups excluding carboxylic acids is 1. The van der Waals surface area contributed by atoms with Crippen LogP contribution in [0.25, 0.3) is 0 Å². The monoisotopic (exact) mass is 324 g/mol. The normalized spacial score (nSPS) is 13.0. The molecule has 22 heavy (non-hydrogen) atoms. The van der Waals surface area contributed by atoms with Gasteiger partial charge in [-0.05, 0) is 13.3 Å². The minimum Gasteiger partial charge on any atom is -0.480 e. The molecule has 0 aliphatic heterocycles. The zero-order valence-electron chi connectivity index (χ0n) is 14.4. The van der Waals surface area contributed by atoms with Crippen LogP contribution >= 0.6 is 0 Å². The van der Waals surface area contributed by atoms with Crippen LogP contribution in [0.5, 0.6) is 0 Å². The Morgan fingerprint density at radius 1 is 0.955 bits per heavy atom. The zero-order valence-corrected chi connectivity index (χ0v) is 16.4. The molecule has 0 heterocycles. The van der Waals surface area contributed by atoms with E-state index in [9.17, 15) is 14.7 Å². The molecule has 0 spiro atoms. The van der Waals surface area contributed by atoms with E-state index in [1.165, 1.54) is 45.4 Å². The van der Waals surface area contributed by atoms with E-state index in [0.717, 1.165) is 19.3 Å². The molecular weight excluding hydrogens is 293 g/mol. The molecule has 0 aromatic rings. The number of nitrogens with one attached hydrogen (secondary N) is 1. The molecule has 1 radical (unpaired) electrons. The number of carbonyl (C=O) groups is 2. The van der Waals surface area contributed by atoms with E-state index in [2.05, 4.69) is 12.2 Å². The number of carboxylic acid groups (broad SMARTS) is 1. The molecule has 6 heteroatoms. The maximum atomic E-state index is 11.6. The standard InChI is InChI=1S/C16H31NO4.Na/c1-3-4-5-6-7-8-9-10-11-12-14(19)17-15(13(2)18)16(20)21;/h13,15,18H,3-12H2,1-2H3,(H,17,19)(H,20,21);/t13-,15+;/m1./s1. The summed E-state index contributed by atoms with van der Waals surface area (Å²) in [5.41, 5.74) is 0. The van der Waals surface area contributed by atoms with Gasteiger partial charge in [-0.1, -0.05) is 58.3 Å². The molecule has 0 fully saturated rings. The van der Waals surface area contributed by atoms with Gasteiger partial charge in [0.15, 0.2) is 6.04 Å². The average molecular weight is 324 g/mol. The number of aliphatic carboxylic acids is 1. The van der Waals surface area contributed by atoms with Crippen LogP contribution in [-0.2, 0) is 9.59 Å². The van der Waals surface area contributed by atoms with Crippen LogP contribution in [0.4, 0.5) is 0 Å². The summed E-state index contributed by atoms with van der Waals surface area (Å²) in [6.07, 6.45) is 9.77. The first-order valence-electron chi connectivity index (χ1n) is 8.19. The number of aliphatic hydroxyl groups excluding tert-OH is 1. The zero-order chi connectivity index (χ0) is 16.1. The van der Waals surface area contributed by atoms with Crippen molar-refractivity contribution >= 4 is 41.4 Å². The summed E-state index contributed by atoms with van der Waals surface area (Å²) >= 11 is 0. The second-order valence-corrected chi connectivity index (χ2v) is 5.70. The topological polar surface area (TPSA) is 86.6 Å². The van der Waals surface area contributed by atoms with Crippen LogP contribution in [0.15, 0.2) is 0 Å². The number of hydrogen-bond acceptors (Lipinski definition) is 3. The van der Waals surface area contributed by atoms with Crippen LogP contribution in [0, 0.1) is 0 Å². The van der Waals surface area contributed by atoms with Gasteiger partial charge in [0.2, 0.25) is 5.91 Å². The summed E-state index contributed by atoms with van der Waals surface area (Å²) in [6, 6.07) is -1.21. The summed E-state index contributed by atoms with van der Waals surface area (Å²) in [4.78, 5) is 22.4. The molecule has 125 valence electrons. The van der Waals surface area contributed by atoms with E-state index in [1.807, 2.05) is 0 Å². The van der Waals surface area contributed by atoms with Gasteiger partial charge >= 0.3 is 5.97 Å². The fourth-order valence-corrected chi connectivity index (χ4v) is 2.23. The van der Waals surface area contributed by atoms with E-state index in [0.29, 0.717) is 6.42 Å². The summed E-state index contributed by atoms with van der Waals surface area (Å²) < 4.78 is 0. The van der Waals surface area contributed by atoms with Crippen molar-refractivity contribution < 1.29 is 19.8 Å². The van der Waals surface area contributed by atoms with Crippen LogP contribution in [0.3, 0.4) is 0 Å². The Bertz CT molecular complexity index is 298. The van der Waals surface area contributed by atoms with Gasteiger partial charge in [-0.25, -0.2) is 4.79 Å². The summed E-state index contributed by atoms with van der Waals surface area (Å²) in [5.74, 6) is -1.50. The number of carboxylic acids is 1. The third kappa shape index (κ3) is 13.6. The number of rotatable bonds is 13. The minimum absolute atomic E-state index is 0. The fraction of sp³-hybridized carbons (Fsp3) is 0.875. The Balaban J connectivity index is 0. The first kappa shape index (κ1) is 24.2. The molecule has 5 nitrogen and oxygen atoms in total. The molecule has 0 rings (SSSR count). The van der Waals surface area contributed by atoms with Gasteiger partial charge in [0.1, 0.15) is 0 Å². The van der Waals surface area contributed by atoms with Gasteiger partial charge in [0.05, 0.1) is 6.10 Å². The third-order valence-corrected chi connectivity index (χ3v) is 3.57. The molecule has 0 saturated heterocycles. The van der Waals surface area contributed by atoms with Crippen LogP contribution < -0.4 is 5.32 Å². The Hall–Kier alpha value is -0.100. The maximum absolute atomic E-state index is 11.6. The third-order valence-electron chi connectivity index (χ3n) is 3.57. The van der Waals surface area contributed by atoms with E-state index in [4.69, 9.17) is 5.11 Å². The summed E-state index contributed by atoms with van der Waals surface area (Å²) in [5, 5.41) is 20.5. The van der Waals surface area contributed by atoms with Crippen molar-refractivity contribution in [3.63, 3.8) is 0 Å². The molecule has 0 bridgehead atoms. The maximum Gasteiger partial charge on any atom is 0.328 e. The van der Waals surface area contributed by atoms with Gasteiger partial charge in [-0.15, -0.1) is 0 Å². The Morgan fingerprint density at radius 2 is 1.41 bits per heavy atom. The predicted octanol–water partition coefficient (Wildman–Crippen LogP) is 2.48. The molecular formula is C16H31NNaO4. The summed E-state index contributed by atoms with van der Waals surface area (Å²) in [6.45, 7) is 3.56. The first-order valence-corrected chi connectivity index (χ1v) is 8.19. The quantitative estimate of drug-likeness (QED) is 0.359. The second kappa shape index (κ2) is 15.8. The molecule has 0 aliphatic rings. The molecule has 1 amide bonds. The van der Waals surface area contributed by atoms with Crippen LogP contribution in [-0.4, -0.2) is 63.8 Å². The fourth-order valence-electron chi connectivity index (χ4n) is 2.23. The van der Waals surface area contributed by atoms with Crippen molar-refractivity contribution in [2.24, 2.45) is 0 Å². The molecule has 3 N–H and O–H groups in total. The van der Waals surface area contributed by atoms with Crippen molar-refractivity contribution in [3.05, 3.63) is 0 Å². The van der Waals surface area contributed by atoms with Crippen molar-refractivity contribution in [1.82, 2.24) is 5.32 Å². The molecule has 0 saturated carbocycles. The van der Waals surface area contributed by atoms with E-state index in [1.54, 1.807) is 0 Å². The van der Waals surface area contributed by atoms with Crippen molar-refractivity contribution in [1.29, 1.82) is 0 Å². The Kier molecular flexibility index (Phi) is 17.3. The molecule has 0 aromatic heterocycles. The molecule has 0 aliphatic carbocycles. The second-order valence-electron chi connectivity index (χ2n) is 5.70. The largest absolute Gasteiger partial charge is 0.480 e. The van der Waals surface area contributed by atoms with Gasteiger partial charge in [0.25, 0.3) is 0 Å². The van der Waals surface area contributed by atoms with Crippen LogP contribution in [0.1, 0.15) is 78.1 Å². The van der Waals surface area contributed by atoms with Gasteiger partial charge in [-0.2, -0.15) is 0 Å². The average Bonchev–Trinajstić information content (AvgIpc) is 2.42. The van der Waals surface area contributed by atoms with Gasteiger partial charge in [0, 0.05) is 36.0 Å². The Morgan fingerprint density at radius 3 is 1.82 bits per heavy atom. The first-order chi connectivity index (χ1) is 9.99. The SMILES string of the molecule is CCCCCCCCCCCC(=O)N[C@H](C(=O)O)[C@@H](C)O.[Na]. The molecule has 0 aromatic carbocycles. The van der Waals surface area contributed by atoms with Gasteiger partial charge < -0.3 is 15.5 Å². The van der Waals surface area contributed by atoms with E-state index in [-0.39, 0.29) is 35.5 Å². The van der Waals surface area contributed by atoms with Crippen LogP contribution in [0.2, 0.25) is 0 Å². The minimum atomic E-state index is -1.21.